The Bertz CT molecular complexity index is 618. The van der Waals surface area contributed by atoms with E-state index in [4.69, 9.17) is 4.74 Å². The summed E-state index contributed by atoms with van der Waals surface area (Å²) in [6.45, 7) is 8.66. The molecule has 2 aromatic carbocycles. The summed E-state index contributed by atoms with van der Waals surface area (Å²) in [6, 6.07) is 17.6. The van der Waals surface area contributed by atoms with Crippen molar-refractivity contribution in [3.63, 3.8) is 0 Å². The minimum Gasteiger partial charge on any atom is -0.491 e. The van der Waals surface area contributed by atoms with Crippen molar-refractivity contribution in [1.82, 2.24) is 4.90 Å². The summed E-state index contributed by atoms with van der Waals surface area (Å²) in [7, 11) is 0. The molecular weight excluding hydrogens is 286 g/mol. The lowest BCUT2D eigenvalue weighted by atomic mass is 10.1. The van der Waals surface area contributed by atoms with Gasteiger partial charge in [0, 0.05) is 18.2 Å². The van der Waals surface area contributed by atoms with Crippen LogP contribution in [0.2, 0.25) is 0 Å². The van der Waals surface area contributed by atoms with Crippen LogP contribution in [0.3, 0.4) is 0 Å². The molecule has 0 unspecified atom stereocenters. The number of hydrogen-bond donors (Lipinski definition) is 0. The Hall–Kier alpha value is -2.29. The SMILES string of the molecule is CC(C)Oc1ccc(C(=O)N(Cc2ccccc2)C(C)C)cc1. The van der Waals surface area contributed by atoms with Gasteiger partial charge in [-0.2, -0.15) is 0 Å². The quantitative estimate of drug-likeness (QED) is 0.784. The Labute approximate surface area is 138 Å². The van der Waals surface area contributed by atoms with Gasteiger partial charge in [0.1, 0.15) is 5.75 Å². The highest BCUT2D eigenvalue weighted by Crippen LogP contribution is 2.17. The molecule has 0 radical (unpaired) electrons. The first-order valence-corrected chi connectivity index (χ1v) is 8.09. The molecule has 0 aromatic heterocycles. The first-order chi connectivity index (χ1) is 11.0. The Morgan fingerprint density at radius 1 is 0.957 bits per heavy atom. The molecule has 122 valence electrons. The van der Waals surface area contributed by atoms with Crippen molar-refractivity contribution >= 4 is 5.91 Å². The zero-order chi connectivity index (χ0) is 16.8. The fraction of sp³-hybridized carbons (Fsp3) is 0.350. The number of amides is 1. The average Bonchev–Trinajstić information content (AvgIpc) is 2.53. The second-order valence-electron chi connectivity index (χ2n) is 6.20. The summed E-state index contributed by atoms with van der Waals surface area (Å²) in [6.07, 6.45) is 0.127. The summed E-state index contributed by atoms with van der Waals surface area (Å²) in [5, 5.41) is 0. The zero-order valence-electron chi connectivity index (χ0n) is 14.3. The highest BCUT2D eigenvalue weighted by molar-refractivity contribution is 5.94. The van der Waals surface area contributed by atoms with Crippen LogP contribution in [0, 0.1) is 0 Å². The molecule has 1 amide bonds. The average molecular weight is 311 g/mol. The Balaban J connectivity index is 2.14. The second-order valence-corrected chi connectivity index (χ2v) is 6.20. The third kappa shape index (κ3) is 4.85. The van der Waals surface area contributed by atoms with E-state index in [-0.39, 0.29) is 18.1 Å². The van der Waals surface area contributed by atoms with E-state index >= 15 is 0 Å². The first-order valence-electron chi connectivity index (χ1n) is 8.09. The van der Waals surface area contributed by atoms with E-state index in [0.717, 1.165) is 11.3 Å². The number of ether oxygens (including phenoxy) is 1. The van der Waals surface area contributed by atoms with Crippen molar-refractivity contribution in [2.75, 3.05) is 0 Å². The van der Waals surface area contributed by atoms with Crippen molar-refractivity contribution in [3.05, 3.63) is 65.7 Å². The van der Waals surface area contributed by atoms with Gasteiger partial charge in [-0.15, -0.1) is 0 Å². The molecule has 3 heteroatoms. The van der Waals surface area contributed by atoms with E-state index < -0.39 is 0 Å². The lowest BCUT2D eigenvalue weighted by Gasteiger charge is -2.27. The number of carbonyl (C=O) groups excluding carboxylic acids is 1. The molecule has 2 rings (SSSR count). The monoisotopic (exact) mass is 311 g/mol. The molecule has 0 heterocycles. The molecule has 3 nitrogen and oxygen atoms in total. The summed E-state index contributed by atoms with van der Waals surface area (Å²) < 4.78 is 5.63. The van der Waals surface area contributed by atoms with Gasteiger partial charge in [0.05, 0.1) is 6.10 Å². The lowest BCUT2D eigenvalue weighted by Crippen LogP contribution is -2.36. The van der Waals surface area contributed by atoms with Gasteiger partial charge in [-0.1, -0.05) is 30.3 Å². The standard InChI is InChI=1S/C20H25NO2/c1-15(2)21(14-17-8-6-5-7-9-17)20(22)18-10-12-19(13-11-18)23-16(3)4/h5-13,15-16H,14H2,1-4H3. The van der Waals surface area contributed by atoms with Gasteiger partial charge in [0.25, 0.3) is 5.91 Å². The van der Waals surface area contributed by atoms with Crippen LogP contribution >= 0.6 is 0 Å². The van der Waals surface area contributed by atoms with E-state index in [1.165, 1.54) is 0 Å². The Morgan fingerprint density at radius 3 is 2.09 bits per heavy atom. The zero-order valence-corrected chi connectivity index (χ0v) is 14.3. The first kappa shape index (κ1) is 17.1. The smallest absolute Gasteiger partial charge is 0.254 e. The minimum absolute atomic E-state index is 0.0416. The van der Waals surface area contributed by atoms with Crippen LogP contribution in [0.4, 0.5) is 0 Å². The molecule has 0 atom stereocenters. The Kier molecular flexibility index (Phi) is 5.80. The van der Waals surface area contributed by atoms with Gasteiger partial charge in [0.2, 0.25) is 0 Å². The maximum atomic E-state index is 12.8. The van der Waals surface area contributed by atoms with Gasteiger partial charge in [0.15, 0.2) is 0 Å². The summed E-state index contributed by atoms with van der Waals surface area (Å²) in [4.78, 5) is 14.7. The summed E-state index contributed by atoms with van der Waals surface area (Å²) in [5.41, 5.74) is 1.82. The number of hydrogen-bond acceptors (Lipinski definition) is 2. The number of benzene rings is 2. The predicted octanol–water partition coefficient (Wildman–Crippen LogP) is 4.52. The van der Waals surface area contributed by atoms with E-state index in [1.807, 2.05) is 87.2 Å². The molecular formula is C20H25NO2. The normalized spacial score (nSPS) is 10.9. The van der Waals surface area contributed by atoms with E-state index in [0.29, 0.717) is 12.1 Å². The molecule has 0 N–H and O–H groups in total. The minimum atomic E-state index is 0.0416. The molecule has 0 aliphatic carbocycles. The lowest BCUT2D eigenvalue weighted by molar-refractivity contribution is 0.0690. The van der Waals surface area contributed by atoms with Gasteiger partial charge in [-0.05, 0) is 57.5 Å². The van der Waals surface area contributed by atoms with Gasteiger partial charge >= 0.3 is 0 Å². The molecule has 0 saturated heterocycles. The van der Waals surface area contributed by atoms with Crippen molar-refractivity contribution in [3.8, 4) is 5.75 Å². The maximum Gasteiger partial charge on any atom is 0.254 e. The highest BCUT2D eigenvalue weighted by atomic mass is 16.5. The van der Waals surface area contributed by atoms with Crippen molar-refractivity contribution in [2.45, 2.75) is 46.4 Å². The molecule has 0 bridgehead atoms. The third-order valence-electron chi connectivity index (χ3n) is 3.55. The third-order valence-corrected chi connectivity index (χ3v) is 3.55. The number of rotatable bonds is 6. The van der Waals surface area contributed by atoms with E-state index in [9.17, 15) is 4.79 Å². The van der Waals surface area contributed by atoms with Crippen molar-refractivity contribution < 1.29 is 9.53 Å². The molecule has 0 saturated carbocycles. The number of nitrogens with zero attached hydrogens (tertiary/aromatic N) is 1. The topological polar surface area (TPSA) is 29.5 Å². The largest absolute Gasteiger partial charge is 0.491 e. The predicted molar refractivity (Wildman–Crippen MR) is 93.7 cm³/mol. The molecule has 0 fully saturated rings. The van der Waals surface area contributed by atoms with Crippen LogP contribution in [0.25, 0.3) is 0 Å². The highest BCUT2D eigenvalue weighted by Gasteiger charge is 2.19. The van der Waals surface area contributed by atoms with Crippen LogP contribution in [0.5, 0.6) is 5.75 Å². The Morgan fingerprint density at radius 2 is 1.57 bits per heavy atom. The second kappa shape index (κ2) is 7.82. The van der Waals surface area contributed by atoms with Crippen LogP contribution in [0.15, 0.2) is 54.6 Å². The van der Waals surface area contributed by atoms with Gasteiger partial charge in [-0.3, -0.25) is 4.79 Å². The van der Waals surface area contributed by atoms with Crippen LogP contribution < -0.4 is 4.74 Å². The van der Waals surface area contributed by atoms with E-state index in [2.05, 4.69) is 0 Å². The molecule has 2 aromatic rings. The van der Waals surface area contributed by atoms with Crippen LogP contribution in [-0.2, 0) is 6.54 Å². The fourth-order valence-electron chi connectivity index (χ4n) is 2.38. The van der Waals surface area contributed by atoms with E-state index in [1.54, 1.807) is 0 Å². The van der Waals surface area contributed by atoms with Gasteiger partial charge in [-0.25, -0.2) is 0 Å². The molecule has 0 spiro atoms. The van der Waals surface area contributed by atoms with Gasteiger partial charge < -0.3 is 9.64 Å². The van der Waals surface area contributed by atoms with Crippen molar-refractivity contribution in [2.24, 2.45) is 0 Å². The molecule has 0 aliphatic rings. The summed E-state index contributed by atoms with van der Waals surface area (Å²) >= 11 is 0. The maximum absolute atomic E-state index is 12.8. The number of carbonyl (C=O) groups is 1. The van der Waals surface area contributed by atoms with Crippen molar-refractivity contribution in [1.29, 1.82) is 0 Å². The molecule has 0 aliphatic heterocycles. The van der Waals surface area contributed by atoms with Crippen LogP contribution in [-0.4, -0.2) is 23.0 Å². The fourth-order valence-corrected chi connectivity index (χ4v) is 2.38. The summed E-state index contributed by atoms with van der Waals surface area (Å²) in [5.74, 6) is 0.829. The van der Waals surface area contributed by atoms with Crippen LogP contribution in [0.1, 0.15) is 43.6 Å². The molecule has 23 heavy (non-hydrogen) atoms.